The lowest BCUT2D eigenvalue weighted by Gasteiger charge is -2.19. The van der Waals surface area contributed by atoms with Crippen LogP contribution in [-0.4, -0.2) is 18.1 Å². The second-order valence-corrected chi connectivity index (χ2v) is 8.16. The van der Waals surface area contributed by atoms with E-state index in [2.05, 4.69) is 16.2 Å². The van der Waals surface area contributed by atoms with Crippen molar-refractivity contribution in [3.63, 3.8) is 0 Å². The molecule has 0 spiro atoms. The van der Waals surface area contributed by atoms with Crippen LogP contribution in [0.2, 0.25) is 5.02 Å². The van der Waals surface area contributed by atoms with Crippen molar-refractivity contribution < 1.29 is 9.53 Å². The first-order chi connectivity index (χ1) is 14.6. The van der Waals surface area contributed by atoms with Crippen LogP contribution < -0.4 is 20.9 Å². The summed E-state index contributed by atoms with van der Waals surface area (Å²) in [5, 5.41) is 3.27. The second-order valence-electron chi connectivity index (χ2n) is 6.13. The number of carbonyl (C=O) groups is 1. The quantitative estimate of drug-likeness (QED) is 0.268. The predicted molar refractivity (Wildman–Crippen MR) is 127 cm³/mol. The van der Waals surface area contributed by atoms with Crippen LogP contribution in [0.25, 0.3) is 0 Å². The number of amides is 1. The summed E-state index contributed by atoms with van der Waals surface area (Å²) in [7, 11) is 1.55. The van der Waals surface area contributed by atoms with Gasteiger partial charge in [0.1, 0.15) is 11.0 Å². The summed E-state index contributed by atoms with van der Waals surface area (Å²) < 4.78 is 5.29. The maximum absolute atomic E-state index is 13.0. The van der Waals surface area contributed by atoms with Crippen molar-refractivity contribution >= 4 is 52.3 Å². The van der Waals surface area contributed by atoms with Crippen molar-refractivity contribution in [3.8, 4) is 5.75 Å². The van der Waals surface area contributed by atoms with Gasteiger partial charge >= 0.3 is 0 Å². The number of methoxy groups -OCH3 is 1. The number of benzene rings is 3. The summed E-state index contributed by atoms with van der Waals surface area (Å²) in [6, 6.07) is 24.5. The summed E-state index contributed by atoms with van der Waals surface area (Å²) >= 11 is 12.8. The Morgan fingerprint density at radius 3 is 2.33 bits per heavy atom. The molecule has 0 saturated carbocycles. The summed E-state index contributed by atoms with van der Waals surface area (Å²) in [6.07, 6.45) is 0. The summed E-state index contributed by atoms with van der Waals surface area (Å²) in [5.74, 6) is 0.355. The minimum absolute atomic E-state index is 0.209. The molecule has 0 unspecified atom stereocenters. The molecule has 5 nitrogen and oxygen atoms in total. The van der Waals surface area contributed by atoms with E-state index >= 15 is 0 Å². The molecule has 3 N–H and O–H groups in total. The number of nitrogens with one attached hydrogen (secondary N) is 3. The number of ether oxygens (including phenoxy) is 1. The molecule has 1 atom stereocenters. The van der Waals surface area contributed by atoms with E-state index in [9.17, 15) is 4.79 Å². The van der Waals surface area contributed by atoms with Crippen LogP contribution in [0.4, 0.5) is 5.69 Å². The van der Waals surface area contributed by atoms with Crippen LogP contribution in [-0.2, 0) is 4.79 Å². The van der Waals surface area contributed by atoms with Gasteiger partial charge in [-0.3, -0.25) is 15.6 Å². The molecule has 0 saturated heterocycles. The van der Waals surface area contributed by atoms with E-state index in [1.54, 1.807) is 25.3 Å². The number of rotatable bonds is 6. The number of hydrogen-bond acceptors (Lipinski definition) is 4. The maximum Gasteiger partial charge on any atom is 0.256 e. The van der Waals surface area contributed by atoms with Gasteiger partial charge in [-0.25, -0.2) is 0 Å². The third kappa shape index (κ3) is 6.13. The lowest BCUT2D eigenvalue weighted by atomic mass is 10.1. The SMILES string of the molecule is COc1ccc(Cl)cc1NC(=S)NNC(=O)[C@H](Sc1ccccc1)c1ccccc1. The van der Waals surface area contributed by atoms with E-state index in [1.807, 2.05) is 60.7 Å². The minimum atomic E-state index is -0.454. The highest BCUT2D eigenvalue weighted by Gasteiger charge is 2.22. The molecule has 1 amide bonds. The Kier molecular flexibility index (Phi) is 7.96. The van der Waals surface area contributed by atoms with Gasteiger partial charge in [0, 0.05) is 9.92 Å². The molecule has 0 fully saturated rings. The normalized spacial score (nSPS) is 11.3. The molecule has 0 heterocycles. The van der Waals surface area contributed by atoms with Crippen LogP contribution in [0.15, 0.2) is 83.8 Å². The molecule has 0 aliphatic carbocycles. The largest absolute Gasteiger partial charge is 0.495 e. The Balaban J connectivity index is 1.67. The highest BCUT2D eigenvalue weighted by Crippen LogP contribution is 2.35. The van der Waals surface area contributed by atoms with Crippen molar-refractivity contribution in [2.45, 2.75) is 10.1 Å². The van der Waals surface area contributed by atoms with E-state index in [-0.39, 0.29) is 11.0 Å². The molecular formula is C22H20ClN3O2S2. The van der Waals surface area contributed by atoms with Crippen LogP contribution in [0.1, 0.15) is 10.8 Å². The lowest BCUT2D eigenvalue weighted by Crippen LogP contribution is -2.45. The van der Waals surface area contributed by atoms with E-state index in [0.29, 0.717) is 16.5 Å². The third-order valence-corrected chi connectivity index (χ3v) is 5.75. The average Bonchev–Trinajstić information content (AvgIpc) is 2.77. The van der Waals surface area contributed by atoms with Gasteiger partial charge in [-0.05, 0) is 48.1 Å². The minimum Gasteiger partial charge on any atom is -0.495 e. The Morgan fingerprint density at radius 1 is 1.00 bits per heavy atom. The fourth-order valence-corrected chi connectivity index (χ4v) is 4.03. The van der Waals surface area contributed by atoms with Crippen LogP contribution >= 0.6 is 35.6 Å². The van der Waals surface area contributed by atoms with Gasteiger partial charge in [-0.15, -0.1) is 11.8 Å². The fourth-order valence-electron chi connectivity index (χ4n) is 2.65. The first kappa shape index (κ1) is 22.0. The molecule has 0 bridgehead atoms. The van der Waals surface area contributed by atoms with Gasteiger partial charge < -0.3 is 10.1 Å². The molecule has 3 rings (SSSR count). The molecule has 8 heteroatoms. The second kappa shape index (κ2) is 10.9. The number of carbonyl (C=O) groups excluding carboxylic acids is 1. The summed E-state index contributed by atoms with van der Waals surface area (Å²) in [5.41, 5.74) is 6.92. The molecule has 3 aromatic rings. The molecule has 0 aliphatic rings. The van der Waals surface area contributed by atoms with E-state index in [0.717, 1.165) is 10.5 Å². The van der Waals surface area contributed by atoms with Crippen LogP contribution in [0.3, 0.4) is 0 Å². The number of thiocarbonyl (C=S) groups is 1. The van der Waals surface area contributed by atoms with E-state index < -0.39 is 5.25 Å². The molecular weight excluding hydrogens is 438 g/mol. The molecule has 154 valence electrons. The van der Waals surface area contributed by atoms with Gasteiger partial charge in [0.2, 0.25) is 0 Å². The highest BCUT2D eigenvalue weighted by molar-refractivity contribution is 8.00. The van der Waals surface area contributed by atoms with Crippen LogP contribution in [0.5, 0.6) is 5.75 Å². The maximum atomic E-state index is 13.0. The Labute approximate surface area is 190 Å². The zero-order chi connectivity index (χ0) is 21.3. The van der Waals surface area contributed by atoms with Crippen LogP contribution in [0, 0.1) is 0 Å². The Hall–Kier alpha value is -2.74. The number of thioether (sulfide) groups is 1. The van der Waals surface area contributed by atoms with E-state index in [4.69, 9.17) is 28.6 Å². The predicted octanol–water partition coefficient (Wildman–Crippen LogP) is 5.20. The standard InChI is InChI=1S/C22H20ClN3O2S2/c1-28-19-13-12-16(23)14-18(19)24-22(29)26-25-21(27)20(15-8-4-2-5-9-15)30-17-10-6-3-7-11-17/h2-14,20H,1H3,(H,25,27)(H2,24,26,29)/t20-/m1/s1. The molecule has 3 aromatic carbocycles. The first-order valence-corrected chi connectivity index (χ1v) is 10.7. The Bertz CT molecular complexity index is 1000. The summed E-state index contributed by atoms with van der Waals surface area (Å²) in [4.78, 5) is 13.9. The van der Waals surface area contributed by atoms with Gasteiger partial charge in [-0.2, -0.15) is 0 Å². The third-order valence-electron chi connectivity index (χ3n) is 4.05. The number of anilines is 1. The van der Waals surface area contributed by atoms with Crippen molar-refractivity contribution in [2.75, 3.05) is 12.4 Å². The van der Waals surface area contributed by atoms with Gasteiger partial charge in [-0.1, -0.05) is 60.1 Å². The van der Waals surface area contributed by atoms with Gasteiger partial charge in [0.15, 0.2) is 5.11 Å². The summed E-state index contributed by atoms with van der Waals surface area (Å²) in [6.45, 7) is 0. The molecule has 0 radical (unpaired) electrons. The van der Waals surface area contributed by atoms with Crippen molar-refractivity contribution in [1.82, 2.24) is 10.9 Å². The number of hydrogen-bond donors (Lipinski definition) is 3. The molecule has 0 aromatic heterocycles. The zero-order valence-electron chi connectivity index (χ0n) is 16.1. The van der Waals surface area contributed by atoms with E-state index in [1.165, 1.54) is 11.8 Å². The Morgan fingerprint density at radius 2 is 1.67 bits per heavy atom. The lowest BCUT2D eigenvalue weighted by molar-refractivity contribution is -0.121. The highest BCUT2D eigenvalue weighted by atomic mass is 35.5. The number of hydrazine groups is 1. The topological polar surface area (TPSA) is 62.4 Å². The fraction of sp³-hybridized carbons (Fsp3) is 0.0909. The van der Waals surface area contributed by atoms with Crippen molar-refractivity contribution in [2.24, 2.45) is 0 Å². The number of halogens is 1. The molecule has 0 aliphatic heterocycles. The van der Waals surface area contributed by atoms with Crippen molar-refractivity contribution in [3.05, 3.63) is 89.4 Å². The smallest absolute Gasteiger partial charge is 0.256 e. The molecule has 30 heavy (non-hydrogen) atoms. The average molecular weight is 458 g/mol. The zero-order valence-corrected chi connectivity index (χ0v) is 18.5. The van der Waals surface area contributed by atoms with Gasteiger partial charge in [0.25, 0.3) is 5.91 Å². The first-order valence-electron chi connectivity index (χ1n) is 9.04. The van der Waals surface area contributed by atoms with Crippen molar-refractivity contribution in [1.29, 1.82) is 0 Å². The van der Waals surface area contributed by atoms with Gasteiger partial charge in [0.05, 0.1) is 12.8 Å². The monoisotopic (exact) mass is 457 g/mol.